The van der Waals surface area contributed by atoms with Gasteiger partial charge in [-0.25, -0.2) is 14.5 Å². The van der Waals surface area contributed by atoms with Crippen molar-refractivity contribution in [2.45, 2.75) is 45.1 Å². The second kappa shape index (κ2) is 8.78. The first-order valence-corrected chi connectivity index (χ1v) is 11.9. The largest absolute Gasteiger partial charge is 0.378 e. The molecule has 0 radical (unpaired) electrons. The summed E-state index contributed by atoms with van der Waals surface area (Å²) in [5, 5.41) is 4.80. The number of rotatable bonds is 4. The lowest BCUT2D eigenvalue weighted by molar-refractivity contribution is 0.122. The number of morpholine rings is 1. The van der Waals surface area contributed by atoms with Gasteiger partial charge in [-0.05, 0) is 25.0 Å². The zero-order valence-electron chi connectivity index (χ0n) is 20.1. The molecular weight excluding hydrogens is 416 g/mol. The lowest BCUT2D eigenvalue weighted by Crippen LogP contribution is -2.47. The standard InChI is InChI=1S/C24H34N8O/c1-24(2,3)20-16-19-22(25-9-11-32(19)28-20)31-10-5-6-18(17-31)29(4)21-7-8-26-23(27-21)30-12-14-33-15-13-30/h7-9,11,16,18H,5-6,10,12-15,17H2,1-4H3. The zero-order chi connectivity index (χ0) is 23.0. The Morgan fingerprint density at radius 3 is 2.67 bits per heavy atom. The molecule has 5 rings (SSSR count). The van der Waals surface area contributed by atoms with Crippen LogP contribution in [0.3, 0.4) is 0 Å². The fourth-order valence-electron chi connectivity index (χ4n) is 4.62. The van der Waals surface area contributed by atoms with Crippen molar-refractivity contribution in [3.63, 3.8) is 0 Å². The first-order valence-electron chi connectivity index (χ1n) is 11.9. The van der Waals surface area contributed by atoms with Crippen molar-refractivity contribution >= 4 is 23.1 Å². The maximum Gasteiger partial charge on any atom is 0.227 e. The van der Waals surface area contributed by atoms with Gasteiger partial charge in [-0.1, -0.05) is 20.8 Å². The Morgan fingerprint density at radius 2 is 1.88 bits per heavy atom. The molecule has 0 aromatic carbocycles. The molecule has 3 aromatic rings. The molecule has 2 aliphatic heterocycles. The lowest BCUT2D eigenvalue weighted by atomic mass is 9.92. The van der Waals surface area contributed by atoms with E-state index in [0.717, 1.165) is 81.0 Å². The molecule has 0 N–H and O–H groups in total. The Hall–Kier alpha value is -2.94. The van der Waals surface area contributed by atoms with Gasteiger partial charge in [0.2, 0.25) is 5.95 Å². The van der Waals surface area contributed by atoms with Crippen LogP contribution < -0.4 is 14.7 Å². The lowest BCUT2D eigenvalue weighted by Gasteiger charge is -2.39. The Balaban J connectivity index is 1.37. The molecule has 3 aromatic heterocycles. The van der Waals surface area contributed by atoms with E-state index in [-0.39, 0.29) is 5.41 Å². The molecule has 2 fully saturated rings. The van der Waals surface area contributed by atoms with E-state index in [4.69, 9.17) is 19.8 Å². The van der Waals surface area contributed by atoms with Crippen molar-refractivity contribution < 1.29 is 4.74 Å². The average Bonchev–Trinajstić information content (AvgIpc) is 3.30. The normalized spacial score (nSPS) is 19.8. The Kier molecular flexibility index (Phi) is 5.82. The zero-order valence-corrected chi connectivity index (χ0v) is 20.1. The van der Waals surface area contributed by atoms with Gasteiger partial charge >= 0.3 is 0 Å². The van der Waals surface area contributed by atoms with Crippen molar-refractivity contribution in [1.29, 1.82) is 0 Å². The van der Waals surface area contributed by atoms with E-state index in [1.165, 1.54) is 0 Å². The summed E-state index contributed by atoms with van der Waals surface area (Å²) in [7, 11) is 2.14. The number of likely N-dealkylation sites (N-methyl/N-ethyl adjacent to an activating group) is 1. The second-order valence-electron chi connectivity index (χ2n) is 10.0. The summed E-state index contributed by atoms with van der Waals surface area (Å²) in [5.41, 5.74) is 2.15. The van der Waals surface area contributed by atoms with Crippen LogP contribution in [0.15, 0.2) is 30.7 Å². The van der Waals surface area contributed by atoms with Crippen LogP contribution in [0.5, 0.6) is 0 Å². The highest BCUT2D eigenvalue weighted by atomic mass is 16.5. The highest BCUT2D eigenvalue weighted by Gasteiger charge is 2.28. The van der Waals surface area contributed by atoms with E-state index >= 15 is 0 Å². The summed E-state index contributed by atoms with van der Waals surface area (Å²) in [6, 6.07) is 4.54. The summed E-state index contributed by atoms with van der Waals surface area (Å²) >= 11 is 0. The van der Waals surface area contributed by atoms with Crippen LogP contribution >= 0.6 is 0 Å². The number of nitrogens with zero attached hydrogens (tertiary/aromatic N) is 8. The number of anilines is 3. The fraction of sp³-hybridized carbons (Fsp3) is 0.583. The topological polar surface area (TPSA) is 74.9 Å². The number of ether oxygens (including phenoxy) is 1. The molecule has 5 heterocycles. The van der Waals surface area contributed by atoms with Crippen LogP contribution in [0.2, 0.25) is 0 Å². The van der Waals surface area contributed by atoms with Crippen molar-refractivity contribution in [1.82, 2.24) is 24.6 Å². The molecule has 1 unspecified atom stereocenters. The van der Waals surface area contributed by atoms with Gasteiger partial charge in [0.15, 0.2) is 5.82 Å². The first-order chi connectivity index (χ1) is 15.9. The van der Waals surface area contributed by atoms with Crippen molar-refractivity contribution in [3.05, 3.63) is 36.4 Å². The minimum Gasteiger partial charge on any atom is -0.378 e. The maximum atomic E-state index is 5.47. The molecule has 9 nitrogen and oxygen atoms in total. The van der Waals surface area contributed by atoms with Crippen LogP contribution in [-0.2, 0) is 10.2 Å². The third-order valence-electron chi connectivity index (χ3n) is 6.67. The Labute approximate surface area is 195 Å². The molecule has 2 aliphatic rings. The first kappa shape index (κ1) is 21.9. The molecule has 9 heteroatoms. The predicted octanol–water partition coefficient (Wildman–Crippen LogP) is 2.76. The highest BCUT2D eigenvalue weighted by Crippen LogP contribution is 2.29. The van der Waals surface area contributed by atoms with Crippen LogP contribution in [0.1, 0.15) is 39.3 Å². The molecule has 2 saturated heterocycles. The molecule has 1 atom stereocenters. The summed E-state index contributed by atoms with van der Waals surface area (Å²) in [5.74, 6) is 2.76. The van der Waals surface area contributed by atoms with Gasteiger partial charge in [-0.3, -0.25) is 0 Å². The van der Waals surface area contributed by atoms with E-state index in [1.807, 2.05) is 29.2 Å². The smallest absolute Gasteiger partial charge is 0.227 e. The SMILES string of the molecule is CN(c1ccnc(N2CCOCC2)n1)C1CCCN(c2nccn3nc(C(C)(C)C)cc23)C1. The highest BCUT2D eigenvalue weighted by molar-refractivity contribution is 5.69. The monoisotopic (exact) mass is 450 g/mol. The molecule has 0 amide bonds. The van der Waals surface area contributed by atoms with E-state index in [9.17, 15) is 0 Å². The van der Waals surface area contributed by atoms with E-state index in [1.54, 1.807) is 0 Å². The maximum absolute atomic E-state index is 5.47. The van der Waals surface area contributed by atoms with E-state index < -0.39 is 0 Å². The number of piperidine rings is 1. The third kappa shape index (κ3) is 4.46. The summed E-state index contributed by atoms with van der Waals surface area (Å²) < 4.78 is 7.44. The average molecular weight is 451 g/mol. The number of hydrogen-bond donors (Lipinski definition) is 0. The molecule has 0 spiro atoms. The third-order valence-corrected chi connectivity index (χ3v) is 6.67. The second-order valence-corrected chi connectivity index (χ2v) is 10.0. The van der Waals surface area contributed by atoms with Crippen molar-refractivity contribution in [2.75, 3.05) is 61.1 Å². The van der Waals surface area contributed by atoms with Crippen LogP contribution in [0.4, 0.5) is 17.6 Å². The molecular formula is C24H34N8O. The van der Waals surface area contributed by atoms with Crippen LogP contribution in [-0.4, -0.2) is 77.0 Å². The predicted molar refractivity (Wildman–Crippen MR) is 130 cm³/mol. The molecule has 0 bridgehead atoms. The molecule has 0 aliphatic carbocycles. The van der Waals surface area contributed by atoms with Gasteiger partial charge in [0.1, 0.15) is 11.3 Å². The summed E-state index contributed by atoms with van der Waals surface area (Å²) in [4.78, 5) is 21.1. The van der Waals surface area contributed by atoms with E-state index in [2.05, 4.69) is 53.6 Å². The number of fused-ring (bicyclic) bond motifs is 1. The molecule has 176 valence electrons. The van der Waals surface area contributed by atoms with Crippen molar-refractivity contribution in [2.24, 2.45) is 0 Å². The van der Waals surface area contributed by atoms with Gasteiger partial charge in [0.05, 0.1) is 18.9 Å². The minimum atomic E-state index is -0.000849. The van der Waals surface area contributed by atoms with Gasteiger partial charge in [-0.2, -0.15) is 10.1 Å². The fourth-order valence-corrected chi connectivity index (χ4v) is 4.62. The van der Waals surface area contributed by atoms with E-state index in [0.29, 0.717) is 6.04 Å². The van der Waals surface area contributed by atoms with Gasteiger partial charge in [0.25, 0.3) is 0 Å². The minimum absolute atomic E-state index is 0.000849. The van der Waals surface area contributed by atoms with Gasteiger partial charge < -0.3 is 19.4 Å². The van der Waals surface area contributed by atoms with Crippen LogP contribution in [0.25, 0.3) is 5.52 Å². The number of aromatic nitrogens is 5. The summed E-state index contributed by atoms with van der Waals surface area (Å²) in [6.45, 7) is 11.6. The number of hydrogen-bond acceptors (Lipinski definition) is 8. The quantitative estimate of drug-likeness (QED) is 0.601. The Morgan fingerprint density at radius 1 is 1.06 bits per heavy atom. The Bertz CT molecular complexity index is 1100. The molecule has 0 saturated carbocycles. The summed E-state index contributed by atoms with van der Waals surface area (Å²) in [6.07, 6.45) is 7.90. The van der Waals surface area contributed by atoms with Crippen molar-refractivity contribution in [3.8, 4) is 0 Å². The van der Waals surface area contributed by atoms with Gasteiger partial charge in [-0.15, -0.1) is 0 Å². The molecule has 33 heavy (non-hydrogen) atoms. The van der Waals surface area contributed by atoms with Crippen LogP contribution in [0, 0.1) is 0 Å². The van der Waals surface area contributed by atoms with Gasteiger partial charge in [0, 0.05) is 63.3 Å².